The number of amides is 2. The fourth-order valence-electron chi connectivity index (χ4n) is 1.17. The van der Waals surface area contributed by atoms with Crippen molar-refractivity contribution in [3.63, 3.8) is 0 Å². The molecule has 2 aromatic rings. The van der Waals surface area contributed by atoms with Gasteiger partial charge < -0.3 is 21.2 Å². The molecule has 0 unspecified atom stereocenters. The molecule has 2 amide bonds. The van der Waals surface area contributed by atoms with Gasteiger partial charge in [0.05, 0.1) is 0 Å². The number of nitrogens with one attached hydrogen (secondary N) is 1. The van der Waals surface area contributed by atoms with Crippen molar-refractivity contribution in [2.45, 2.75) is 0 Å². The fourth-order valence-corrected chi connectivity index (χ4v) is 1.17. The number of nitrogens with two attached hydrogens (primary N) is 2. The zero-order valence-corrected chi connectivity index (χ0v) is 7.15. The van der Waals surface area contributed by atoms with Crippen LogP contribution in [-0.2, 0) is 0 Å². The molecule has 1 aromatic carbocycles. The highest BCUT2D eigenvalue weighted by Crippen LogP contribution is 2.20. The number of carbonyl (C=O) groups excluding carboxylic acids is 1. The third kappa shape index (κ3) is 1.45. The van der Waals surface area contributed by atoms with Crippen LogP contribution in [0.1, 0.15) is 0 Å². The van der Waals surface area contributed by atoms with E-state index in [1.165, 1.54) is 0 Å². The molecule has 0 bridgehead atoms. The van der Waals surface area contributed by atoms with Gasteiger partial charge in [-0.05, 0) is 18.2 Å². The Morgan fingerprint density at radius 2 is 2.29 bits per heavy atom. The number of aromatic nitrogens is 1. The fraction of sp³-hybridized carbons (Fsp3) is 0. The van der Waals surface area contributed by atoms with Gasteiger partial charge in [-0.3, -0.25) is 0 Å². The molecule has 0 radical (unpaired) electrons. The summed E-state index contributed by atoms with van der Waals surface area (Å²) in [7, 11) is 0. The van der Waals surface area contributed by atoms with Crippen LogP contribution in [-0.4, -0.2) is 11.0 Å². The predicted octanol–water partition coefficient (Wildman–Crippen LogP) is 0.901. The molecule has 1 aromatic heterocycles. The van der Waals surface area contributed by atoms with Gasteiger partial charge in [0.1, 0.15) is 5.52 Å². The summed E-state index contributed by atoms with van der Waals surface area (Å²) in [4.78, 5) is 14.5. The number of urea groups is 1. The molecular formula is C8H8N4O2. The van der Waals surface area contributed by atoms with E-state index in [2.05, 4.69) is 10.3 Å². The standard InChI is InChI=1S/C8H8N4O2/c9-7(13)11-4-1-2-6-5(3-4)12-8(10)14-6/h1-3H,(H2,10,12)(H3,9,11,13). The van der Waals surface area contributed by atoms with Crippen molar-refractivity contribution in [2.24, 2.45) is 5.73 Å². The molecule has 0 fully saturated rings. The van der Waals surface area contributed by atoms with E-state index in [1.54, 1.807) is 18.2 Å². The molecule has 5 N–H and O–H groups in total. The van der Waals surface area contributed by atoms with E-state index < -0.39 is 6.03 Å². The van der Waals surface area contributed by atoms with Gasteiger partial charge in [-0.15, -0.1) is 0 Å². The lowest BCUT2D eigenvalue weighted by molar-refractivity contribution is 0.259. The van der Waals surface area contributed by atoms with Crippen molar-refractivity contribution in [3.05, 3.63) is 18.2 Å². The first kappa shape index (κ1) is 8.36. The highest BCUT2D eigenvalue weighted by atomic mass is 16.4. The molecule has 6 heteroatoms. The second-order valence-corrected chi connectivity index (χ2v) is 2.72. The minimum Gasteiger partial charge on any atom is -0.424 e. The van der Waals surface area contributed by atoms with Crippen molar-refractivity contribution in [1.82, 2.24) is 4.98 Å². The van der Waals surface area contributed by atoms with Gasteiger partial charge in [-0.1, -0.05) is 0 Å². The molecule has 14 heavy (non-hydrogen) atoms. The maximum absolute atomic E-state index is 10.6. The number of hydrogen-bond donors (Lipinski definition) is 3. The maximum atomic E-state index is 10.6. The predicted molar refractivity (Wildman–Crippen MR) is 51.6 cm³/mol. The number of anilines is 2. The number of benzene rings is 1. The van der Waals surface area contributed by atoms with E-state index in [0.717, 1.165) is 0 Å². The summed E-state index contributed by atoms with van der Waals surface area (Å²) >= 11 is 0. The van der Waals surface area contributed by atoms with Crippen LogP contribution < -0.4 is 16.8 Å². The first-order valence-electron chi connectivity index (χ1n) is 3.87. The van der Waals surface area contributed by atoms with E-state index in [0.29, 0.717) is 16.8 Å². The quantitative estimate of drug-likeness (QED) is 0.623. The number of nitrogens with zero attached hydrogens (tertiary/aromatic N) is 1. The van der Waals surface area contributed by atoms with Crippen LogP contribution in [0.5, 0.6) is 0 Å². The molecule has 0 aliphatic heterocycles. The first-order valence-corrected chi connectivity index (χ1v) is 3.87. The number of oxazole rings is 1. The highest BCUT2D eigenvalue weighted by Gasteiger charge is 2.04. The summed E-state index contributed by atoms with van der Waals surface area (Å²) in [5.74, 6) is 0. The first-order chi connectivity index (χ1) is 6.65. The minimum absolute atomic E-state index is 0.0937. The Morgan fingerprint density at radius 1 is 1.50 bits per heavy atom. The lowest BCUT2D eigenvalue weighted by Crippen LogP contribution is -2.19. The topological polar surface area (TPSA) is 107 Å². The number of primary amides is 1. The van der Waals surface area contributed by atoms with Crippen LogP contribution in [0.15, 0.2) is 22.6 Å². The molecule has 0 atom stereocenters. The Morgan fingerprint density at radius 3 is 3.00 bits per heavy atom. The molecule has 0 spiro atoms. The zero-order valence-electron chi connectivity index (χ0n) is 7.15. The second-order valence-electron chi connectivity index (χ2n) is 2.72. The molecule has 2 rings (SSSR count). The SMILES string of the molecule is NC(=O)Nc1ccc2oc(N)nc2c1. The Hall–Kier alpha value is -2.24. The normalized spacial score (nSPS) is 10.3. The van der Waals surface area contributed by atoms with Crippen LogP contribution in [0.2, 0.25) is 0 Å². The maximum Gasteiger partial charge on any atom is 0.316 e. The van der Waals surface area contributed by atoms with Gasteiger partial charge in [0, 0.05) is 5.69 Å². The third-order valence-corrected chi connectivity index (χ3v) is 1.67. The summed E-state index contributed by atoms with van der Waals surface area (Å²) in [5.41, 5.74) is 12.0. The van der Waals surface area contributed by atoms with Crippen LogP contribution in [0, 0.1) is 0 Å². The van der Waals surface area contributed by atoms with Crippen LogP contribution in [0.25, 0.3) is 11.1 Å². The highest BCUT2D eigenvalue weighted by molar-refractivity contribution is 5.90. The molecule has 0 aliphatic carbocycles. The monoisotopic (exact) mass is 192 g/mol. The average molecular weight is 192 g/mol. The van der Waals surface area contributed by atoms with Crippen molar-refractivity contribution in [1.29, 1.82) is 0 Å². The number of carbonyl (C=O) groups is 1. The van der Waals surface area contributed by atoms with Crippen LogP contribution in [0.4, 0.5) is 16.5 Å². The van der Waals surface area contributed by atoms with Crippen molar-refractivity contribution in [2.75, 3.05) is 11.1 Å². The van der Waals surface area contributed by atoms with Crippen LogP contribution >= 0.6 is 0 Å². The van der Waals surface area contributed by atoms with E-state index >= 15 is 0 Å². The number of rotatable bonds is 1. The van der Waals surface area contributed by atoms with E-state index in [1.807, 2.05) is 0 Å². The molecule has 0 saturated carbocycles. The minimum atomic E-state index is -0.624. The Balaban J connectivity index is 2.45. The Labute approximate surface area is 78.9 Å². The molecule has 72 valence electrons. The van der Waals surface area contributed by atoms with Gasteiger partial charge >= 0.3 is 6.03 Å². The van der Waals surface area contributed by atoms with E-state index in [4.69, 9.17) is 15.9 Å². The van der Waals surface area contributed by atoms with Gasteiger partial charge in [0.15, 0.2) is 5.58 Å². The van der Waals surface area contributed by atoms with Gasteiger partial charge in [-0.25, -0.2) is 4.79 Å². The molecule has 0 aliphatic rings. The van der Waals surface area contributed by atoms with Crippen molar-refractivity contribution in [3.8, 4) is 0 Å². The average Bonchev–Trinajstić information content (AvgIpc) is 2.42. The molecule has 1 heterocycles. The third-order valence-electron chi connectivity index (χ3n) is 1.67. The van der Waals surface area contributed by atoms with Gasteiger partial charge in [0.2, 0.25) is 0 Å². The molecular weight excluding hydrogens is 184 g/mol. The summed E-state index contributed by atoms with van der Waals surface area (Å²) in [5, 5.41) is 2.42. The van der Waals surface area contributed by atoms with Crippen molar-refractivity contribution < 1.29 is 9.21 Å². The van der Waals surface area contributed by atoms with Crippen LogP contribution in [0.3, 0.4) is 0 Å². The lowest BCUT2D eigenvalue weighted by Gasteiger charge is -1.99. The summed E-state index contributed by atoms with van der Waals surface area (Å²) in [6.07, 6.45) is 0. The summed E-state index contributed by atoms with van der Waals surface area (Å²) < 4.78 is 5.05. The van der Waals surface area contributed by atoms with E-state index in [9.17, 15) is 4.79 Å². The van der Waals surface area contributed by atoms with E-state index in [-0.39, 0.29) is 6.01 Å². The second kappa shape index (κ2) is 2.91. The Bertz CT molecular complexity index is 491. The van der Waals surface area contributed by atoms with Gasteiger partial charge in [0.25, 0.3) is 6.01 Å². The number of fused-ring (bicyclic) bond motifs is 1. The largest absolute Gasteiger partial charge is 0.424 e. The number of nitrogen functional groups attached to an aromatic ring is 1. The zero-order chi connectivity index (χ0) is 10.1. The summed E-state index contributed by atoms with van der Waals surface area (Å²) in [6, 6.07) is 4.40. The van der Waals surface area contributed by atoms with Crippen molar-refractivity contribution >= 4 is 28.8 Å². The number of hydrogen-bond acceptors (Lipinski definition) is 4. The Kier molecular flexibility index (Phi) is 1.74. The molecule has 6 nitrogen and oxygen atoms in total. The summed E-state index contributed by atoms with van der Waals surface area (Å²) in [6.45, 7) is 0. The van der Waals surface area contributed by atoms with Gasteiger partial charge in [-0.2, -0.15) is 4.98 Å². The molecule has 0 saturated heterocycles. The smallest absolute Gasteiger partial charge is 0.316 e. The lowest BCUT2D eigenvalue weighted by atomic mass is 10.3.